The van der Waals surface area contributed by atoms with E-state index in [0.29, 0.717) is 0 Å². The van der Waals surface area contributed by atoms with Gasteiger partial charge in [0.15, 0.2) is 0 Å². The lowest BCUT2D eigenvalue weighted by Crippen LogP contribution is -2.28. The van der Waals surface area contributed by atoms with Gasteiger partial charge < -0.3 is 9.47 Å². The van der Waals surface area contributed by atoms with Gasteiger partial charge in [0, 0.05) is 51.6 Å². The van der Waals surface area contributed by atoms with Crippen LogP contribution in [-0.4, -0.2) is 31.8 Å². The summed E-state index contributed by atoms with van der Waals surface area (Å²) >= 11 is 1.74. The highest BCUT2D eigenvalue weighted by Gasteiger charge is 2.38. The third-order valence-corrected chi connectivity index (χ3v) is 13.7. The lowest BCUT2D eigenvalue weighted by atomic mass is 9.96. The largest absolute Gasteiger partial charge is 0.332 e. The SMILES string of the molecule is C1=CC2C(N=C1)c1ccccc1N2c1cccc(-c2ccccc2-c2ccc3sc4ccc(-c5ccccc5-c5cccc(-n6c7ccccc7c7ncccc76)c5)nc4c3n2)c1. The molecule has 0 saturated heterocycles. The summed E-state index contributed by atoms with van der Waals surface area (Å²) in [6, 6.07) is 65.1. The standard InChI is InChI=1S/C56H36N6S/c1-3-19-41(39(17-1)35-13-9-15-37(33-35)61-47-23-7-5-21-43(47)53-49(61)25-11-31-57-53)45-27-29-51-55(59-45)56-52(63-51)30-28-46(60-56)42-20-4-2-18-40(42)36-14-10-16-38(34-36)62-48-24-8-6-22-44(48)54-50(62)26-12-32-58-54/h1-34,49,53H. The Morgan fingerprint density at radius 3 is 1.86 bits per heavy atom. The van der Waals surface area contributed by atoms with E-state index in [1.807, 2.05) is 18.5 Å². The third kappa shape index (κ3) is 5.70. The van der Waals surface area contributed by atoms with Crippen molar-refractivity contribution in [1.29, 1.82) is 0 Å². The Hall–Kier alpha value is -8.00. The van der Waals surface area contributed by atoms with Crippen molar-refractivity contribution < 1.29 is 0 Å². The summed E-state index contributed by atoms with van der Waals surface area (Å²) < 4.78 is 4.55. The number of nitrogens with zero attached hydrogens (tertiary/aromatic N) is 6. The van der Waals surface area contributed by atoms with E-state index in [2.05, 4.69) is 198 Å². The van der Waals surface area contributed by atoms with Crippen LogP contribution in [0.2, 0.25) is 0 Å². The highest BCUT2D eigenvalue weighted by molar-refractivity contribution is 7.25. The van der Waals surface area contributed by atoms with Crippen LogP contribution in [0.3, 0.4) is 0 Å². The molecule has 0 bridgehead atoms. The summed E-state index contributed by atoms with van der Waals surface area (Å²) in [5.74, 6) is 0. The number of hydrogen-bond acceptors (Lipinski definition) is 6. The van der Waals surface area contributed by atoms with Gasteiger partial charge in [0.1, 0.15) is 17.1 Å². The number of thiophene rings is 1. The van der Waals surface area contributed by atoms with Crippen LogP contribution in [0, 0.1) is 0 Å². The molecule has 11 aromatic rings. The molecule has 2 unspecified atom stereocenters. The van der Waals surface area contributed by atoms with Crippen LogP contribution < -0.4 is 4.90 Å². The molecular formula is C56H36N6S. The van der Waals surface area contributed by atoms with E-state index in [4.69, 9.17) is 19.9 Å². The van der Waals surface area contributed by atoms with Crippen LogP contribution >= 0.6 is 11.3 Å². The van der Waals surface area contributed by atoms with E-state index in [9.17, 15) is 0 Å². The van der Waals surface area contributed by atoms with E-state index in [0.717, 1.165) is 98.5 Å². The second kappa shape index (κ2) is 14.3. The maximum atomic E-state index is 5.41. The molecule has 2 aliphatic rings. The molecule has 2 aliphatic heterocycles. The molecule has 0 N–H and O–H groups in total. The molecule has 0 amide bonds. The van der Waals surface area contributed by atoms with E-state index < -0.39 is 0 Å². The zero-order valence-electron chi connectivity index (χ0n) is 33.9. The van der Waals surface area contributed by atoms with Crippen LogP contribution in [0.5, 0.6) is 0 Å². The monoisotopic (exact) mass is 824 g/mol. The first-order chi connectivity index (χ1) is 31.2. The van der Waals surface area contributed by atoms with E-state index in [1.165, 1.54) is 11.3 Å². The van der Waals surface area contributed by atoms with Gasteiger partial charge in [0.25, 0.3) is 0 Å². The molecule has 0 aliphatic carbocycles. The fraction of sp³-hybridized carbons (Fsp3) is 0.0357. The molecule has 13 rings (SSSR count). The topological polar surface area (TPSA) is 59.2 Å². The Labute approximate surface area is 367 Å². The molecule has 296 valence electrons. The Morgan fingerprint density at radius 2 is 1.11 bits per heavy atom. The first kappa shape index (κ1) is 35.7. The number of allylic oxidation sites excluding steroid dienone is 1. The molecular weight excluding hydrogens is 789 g/mol. The van der Waals surface area contributed by atoms with Crippen LogP contribution in [-0.2, 0) is 0 Å². The maximum absolute atomic E-state index is 5.41. The highest BCUT2D eigenvalue weighted by atomic mass is 32.1. The molecule has 5 aromatic heterocycles. The summed E-state index contributed by atoms with van der Waals surface area (Å²) in [6.07, 6.45) is 8.13. The van der Waals surface area contributed by atoms with Gasteiger partial charge in [-0.2, -0.15) is 0 Å². The smallest absolute Gasteiger partial charge is 0.108 e. The Kier molecular flexibility index (Phi) is 8.11. The van der Waals surface area contributed by atoms with Crippen molar-refractivity contribution in [3.63, 3.8) is 0 Å². The number of aliphatic imine (C=N–C) groups is 1. The van der Waals surface area contributed by atoms with Crippen molar-refractivity contribution in [2.45, 2.75) is 12.1 Å². The summed E-state index contributed by atoms with van der Waals surface area (Å²) in [6.45, 7) is 0. The number of hydrogen-bond donors (Lipinski definition) is 0. The van der Waals surface area contributed by atoms with Crippen LogP contribution in [0.25, 0.3) is 92.8 Å². The van der Waals surface area contributed by atoms with Crippen LogP contribution in [0.4, 0.5) is 11.4 Å². The molecule has 0 radical (unpaired) electrons. The lowest BCUT2D eigenvalue weighted by molar-refractivity contribution is 0.667. The average molecular weight is 825 g/mol. The van der Waals surface area contributed by atoms with Gasteiger partial charge in [-0.1, -0.05) is 115 Å². The molecule has 2 atom stereocenters. The van der Waals surface area contributed by atoms with Crippen molar-refractivity contribution >= 4 is 71.3 Å². The third-order valence-electron chi connectivity index (χ3n) is 12.6. The minimum atomic E-state index is 0.0857. The number of rotatable bonds is 6. The van der Waals surface area contributed by atoms with Crippen molar-refractivity contribution in [3.8, 4) is 50.5 Å². The first-order valence-corrected chi connectivity index (χ1v) is 22.1. The lowest BCUT2D eigenvalue weighted by Gasteiger charge is -2.28. The molecule has 7 heterocycles. The van der Waals surface area contributed by atoms with E-state index in [-0.39, 0.29) is 12.1 Å². The number of anilines is 2. The van der Waals surface area contributed by atoms with Crippen LogP contribution in [0.1, 0.15) is 11.6 Å². The molecule has 6 aromatic carbocycles. The highest BCUT2D eigenvalue weighted by Crippen LogP contribution is 2.48. The summed E-state index contributed by atoms with van der Waals surface area (Å²) in [5, 5.41) is 1.14. The fourth-order valence-corrected chi connectivity index (χ4v) is 10.8. The molecule has 6 nitrogen and oxygen atoms in total. The quantitative estimate of drug-likeness (QED) is 0.168. The number of fused-ring (bicyclic) bond motifs is 9. The predicted octanol–water partition coefficient (Wildman–Crippen LogP) is 14.2. The molecule has 63 heavy (non-hydrogen) atoms. The van der Waals surface area contributed by atoms with Crippen molar-refractivity contribution in [1.82, 2.24) is 19.5 Å². The average Bonchev–Trinajstić information content (AvgIpc) is 4.01. The Morgan fingerprint density at radius 1 is 0.492 bits per heavy atom. The maximum Gasteiger partial charge on any atom is 0.108 e. The number of pyridine rings is 3. The van der Waals surface area contributed by atoms with E-state index in [1.54, 1.807) is 11.3 Å². The molecule has 0 fully saturated rings. The molecule has 7 heteroatoms. The first-order valence-electron chi connectivity index (χ1n) is 21.3. The Balaban J connectivity index is 0.885. The summed E-state index contributed by atoms with van der Waals surface area (Å²) in [4.78, 5) is 22.9. The number of aromatic nitrogens is 4. The molecule has 0 saturated carbocycles. The Bertz CT molecular complexity index is 3640. The zero-order chi connectivity index (χ0) is 41.4. The van der Waals surface area contributed by atoms with Gasteiger partial charge in [0.05, 0.1) is 43.4 Å². The minimum Gasteiger partial charge on any atom is -0.332 e. The van der Waals surface area contributed by atoms with Crippen molar-refractivity contribution in [2.75, 3.05) is 4.90 Å². The predicted molar refractivity (Wildman–Crippen MR) is 262 cm³/mol. The minimum absolute atomic E-state index is 0.0857. The number of para-hydroxylation sites is 2. The summed E-state index contributed by atoms with van der Waals surface area (Å²) in [5.41, 5.74) is 18.3. The zero-order valence-corrected chi connectivity index (χ0v) is 34.7. The van der Waals surface area contributed by atoms with Gasteiger partial charge in [-0.15, -0.1) is 11.3 Å². The van der Waals surface area contributed by atoms with Crippen molar-refractivity contribution in [3.05, 3.63) is 206 Å². The van der Waals surface area contributed by atoms with Gasteiger partial charge >= 0.3 is 0 Å². The fourth-order valence-electron chi connectivity index (χ4n) is 9.85. The van der Waals surface area contributed by atoms with E-state index >= 15 is 0 Å². The number of benzene rings is 6. The number of dihydropyridines is 1. The van der Waals surface area contributed by atoms with Gasteiger partial charge in [-0.05, 0) is 101 Å². The normalized spacial score (nSPS) is 15.5. The summed E-state index contributed by atoms with van der Waals surface area (Å²) in [7, 11) is 0. The van der Waals surface area contributed by atoms with Gasteiger partial charge in [0.2, 0.25) is 0 Å². The van der Waals surface area contributed by atoms with Gasteiger partial charge in [-0.25, -0.2) is 9.97 Å². The van der Waals surface area contributed by atoms with Gasteiger partial charge in [-0.3, -0.25) is 9.98 Å². The second-order valence-electron chi connectivity index (χ2n) is 16.2. The van der Waals surface area contributed by atoms with Crippen LogP contribution in [0.15, 0.2) is 205 Å². The second-order valence-corrected chi connectivity index (χ2v) is 17.2. The van der Waals surface area contributed by atoms with Crippen molar-refractivity contribution in [2.24, 2.45) is 4.99 Å². The molecule has 0 spiro atoms.